The molecule has 0 aliphatic heterocycles. The molecule has 1 aromatic rings. The van der Waals surface area contributed by atoms with Gasteiger partial charge in [0, 0.05) is 23.9 Å². The molecule has 0 unspecified atom stereocenters. The molecule has 0 radical (unpaired) electrons. The lowest BCUT2D eigenvalue weighted by atomic mass is 10.1. The summed E-state index contributed by atoms with van der Waals surface area (Å²) in [6, 6.07) is 5.14. The van der Waals surface area contributed by atoms with Crippen LogP contribution in [0, 0.1) is 0 Å². The van der Waals surface area contributed by atoms with E-state index < -0.39 is 0 Å². The molecule has 20 heavy (non-hydrogen) atoms. The fourth-order valence-electron chi connectivity index (χ4n) is 2.51. The minimum absolute atomic E-state index is 0.0892. The van der Waals surface area contributed by atoms with Gasteiger partial charge in [0.05, 0.1) is 0 Å². The van der Waals surface area contributed by atoms with Crippen molar-refractivity contribution in [3.63, 3.8) is 0 Å². The highest BCUT2D eigenvalue weighted by Crippen LogP contribution is 2.27. The van der Waals surface area contributed by atoms with Gasteiger partial charge < -0.3 is 4.74 Å². The monoisotopic (exact) mass is 297 g/mol. The molecule has 0 N–H and O–H groups in total. The van der Waals surface area contributed by atoms with Crippen LogP contribution in [0.3, 0.4) is 0 Å². The molecule has 1 heterocycles. The van der Waals surface area contributed by atoms with E-state index in [9.17, 15) is 4.79 Å². The number of hydrogen-bond acceptors (Lipinski definition) is 4. The van der Waals surface area contributed by atoms with E-state index in [2.05, 4.69) is 32.6 Å². The van der Waals surface area contributed by atoms with E-state index in [0.717, 1.165) is 24.3 Å². The second-order valence-electron chi connectivity index (χ2n) is 5.68. The first-order valence-electron chi connectivity index (χ1n) is 7.38. The lowest BCUT2D eigenvalue weighted by Crippen LogP contribution is -2.37. The first kappa shape index (κ1) is 17.2. The molecular formula is C16H27NO2S. The van der Waals surface area contributed by atoms with Crippen LogP contribution in [0.5, 0.6) is 0 Å². The number of carbonyl (C=O) groups is 1. The van der Waals surface area contributed by atoms with Crippen LogP contribution in [-0.2, 0) is 9.53 Å². The van der Waals surface area contributed by atoms with Gasteiger partial charge >= 0.3 is 5.97 Å². The predicted octanol–water partition coefficient (Wildman–Crippen LogP) is 4.25. The standard InChI is InChI=1S/C16H27NO2S/c1-12(2)17(13(3)4)10-6-8-15(19-14(5)18)16-9-7-11-20-16/h7,9,11-13,15H,6,8,10H2,1-5H3/t15-/m0/s1. The summed E-state index contributed by atoms with van der Waals surface area (Å²) in [7, 11) is 0. The third kappa shape index (κ3) is 5.63. The Morgan fingerprint density at radius 2 is 1.95 bits per heavy atom. The lowest BCUT2D eigenvalue weighted by Gasteiger charge is -2.30. The fourth-order valence-corrected chi connectivity index (χ4v) is 3.30. The highest BCUT2D eigenvalue weighted by molar-refractivity contribution is 7.10. The average molecular weight is 297 g/mol. The number of hydrogen-bond donors (Lipinski definition) is 0. The van der Waals surface area contributed by atoms with Gasteiger partial charge in [0.1, 0.15) is 6.10 Å². The van der Waals surface area contributed by atoms with Crippen molar-refractivity contribution in [1.29, 1.82) is 0 Å². The van der Waals surface area contributed by atoms with Crippen molar-refractivity contribution in [3.8, 4) is 0 Å². The molecule has 0 aliphatic rings. The smallest absolute Gasteiger partial charge is 0.303 e. The summed E-state index contributed by atoms with van der Waals surface area (Å²) in [5.74, 6) is -0.201. The van der Waals surface area contributed by atoms with E-state index in [4.69, 9.17) is 4.74 Å². The summed E-state index contributed by atoms with van der Waals surface area (Å²) < 4.78 is 5.45. The Balaban J connectivity index is 2.52. The van der Waals surface area contributed by atoms with E-state index in [1.165, 1.54) is 6.92 Å². The molecule has 4 heteroatoms. The summed E-state index contributed by atoms with van der Waals surface area (Å²) in [4.78, 5) is 14.8. The first-order valence-corrected chi connectivity index (χ1v) is 8.26. The maximum absolute atomic E-state index is 11.2. The van der Waals surface area contributed by atoms with Gasteiger partial charge in [0.25, 0.3) is 0 Å². The van der Waals surface area contributed by atoms with Crippen molar-refractivity contribution in [2.45, 2.75) is 65.6 Å². The zero-order valence-corrected chi connectivity index (χ0v) is 14.1. The Morgan fingerprint density at radius 1 is 1.30 bits per heavy atom. The van der Waals surface area contributed by atoms with Gasteiger partial charge in [-0.05, 0) is 58.5 Å². The molecule has 3 nitrogen and oxygen atoms in total. The number of ether oxygens (including phenoxy) is 1. The molecule has 0 fully saturated rings. The van der Waals surface area contributed by atoms with Crippen LogP contribution in [0.2, 0.25) is 0 Å². The van der Waals surface area contributed by atoms with Gasteiger partial charge in [0.2, 0.25) is 0 Å². The van der Waals surface area contributed by atoms with Crippen molar-refractivity contribution in [2.75, 3.05) is 6.54 Å². The van der Waals surface area contributed by atoms with Crippen molar-refractivity contribution < 1.29 is 9.53 Å². The molecule has 0 aromatic carbocycles. The lowest BCUT2D eigenvalue weighted by molar-refractivity contribution is -0.147. The summed E-state index contributed by atoms with van der Waals surface area (Å²) in [5.41, 5.74) is 0. The van der Waals surface area contributed by atoms with Crippen molar-refractivity contribution in [3.05, 3.63) is 22.4 Å². The SMILES string of the molecule is CC(=O)O[C@@H](CCCN(C(C)C)C(C)C)c1cccs1. The van der Waals surface area contributed by atoms with Gasteiger partial charge in [0.15, 0.2) is 0 Å². The number of rotatable bonds is 8. The molecule has 0 saturated heterocycles. The molecule has 1 atom stereocenters. The van der Waals surface area contributed by atoms with E-state index in [-0.39, 0.29) is 12.1 Å². The largest absolute Gasteiger partial charge is 0.457 e. The molecule has 1 rings (SSSR count). The number of nitrogens with zero attached hydrogens (tertiary/aromatic N) is 1. The predicted molar refractivity (Wildman–Crippen MR) is 85.0 cm³/mol. The number of carbonyl (C=O) groups excluding carboxylic acids is 1. The highest BCUT2D eigenvalue weighted by Gasteiger charge is 2.18. The van der Waals surface area contributed by atoms with Crippen LogP contribution >= 0.6 is 11.3 Å². The van der Waals surface area contributed by atoms with Gasteiger partial charge in [-0.2, -0.15) is 0 Å². The van der Waals surface area contributed by atoms with E-state index in [1.807, 2.05) is 17.5 Å². The van der Waals surface area contributed by atoms with Crippen LogP contribution in [0.15, 0.2) is 17.5 Å². The molecule has 0 amide bonds. The molecule has 0 spiro atoms. The van der Waals surface area contributed by atoms with Crippen molar-refractivity contribution >= 4 is 17.3 Å². The molecule has 1 aromatic heterocycles. The number of thiophene rings is 1. The van der Waals surface area contributed by atoms with Crippen LogP contribution in [-0.4, -0.2) is 29.5 Å². The highest BCUT2D eigenvalue weighted by atomic mass is 32.1. The quantitative estimate of drug-likeness (QED) is 0.672. The second-order valence-corrected chi connectivity index (χ2v) is 6.66. The maximum Gasteiger partial charge on any atom is 0.303 e. The molecule has 0 aliphatic carbocycles. The van der Waals surface area contributed by atoms with Gasteiger partial charge in [-0.25, -0.2) is 0 Å². The second kappa shape index (κ2) is 8.42. The van der Waals surface area contributed by atoms with Crippen LogP contribution in [0.1, 0.15) is 58.4 Å². The Bertz CT molecular complexity index is 379. The van der Waals surface area contributed by atoms with Gasteiger partial charge in [-0.3, -0.25) is 9.69 Å². The van der Waals surface area contributed by atoms with E-state index in [1.54, 1.807) is 11.3 Å². The van der Waals surface area contributed by atoms with Crippen molar-refractivity contribution in [1.82, 2.24) is 4.90 Å². The Hall–Kier alpha value is -0.870. The minimum Gasteiger partial charge on any atom is -0.457 e. The van der Waals surface area contributed by atoms with Gasteiger partial charge in [-0.1, -0.05) is 6.07 Å². The third-order valence-electron chi connectivity index (χ3n) is 3.38. The molecule has 114 valence electrons. The molecular weight excluding hydrogens is 270 g/mol. The van der Waals surface area contributed by atoms with E-state index in [0.29, 0.717) is 12.1 Å². The minimum atomic E-state index is -0.201. The first-order chi connectivity index (χ1) is 9.41. The summed E-state index contributed by atoms with van der Waals surface area (Å²) in [6.07, 6.45) is 1.83. The van der Waals surface area contributed by atoms with Gasteiger partial charge in [-0.15, -0.1) is 11.3 Å². The fraction of sp³-hybridized carbons (Fsp3) is 0.688. The summed E-state index contributed by atoms with van der Waals surface area (Å²) in [5, 5.41) is 2.03. The topological polar surface area (TPSA) is 29.5 Å². The zero-order chi connectivity index (χ0) is 15.1. The Kier molecular flexibility index (Phi) is 7.24. The Labute approximate surface area is 126 Å². The summed E-state index contributed by atoms with van der Waals surface area (Å²) >= 11 is 1.65. The average Bonchev–Trinajstić information content (AvgIpc) is 2.85. The Morgan fingerprint density at radius 3 is 2.40 bits per heavy atom. The zero-order valence-electron chi connectivity index (χ0n) is 13.3. The number of esters is 1. The normalized spacial score (nSPS) is 13.2. The summed E-state index contributed by atoms with van der Waals surface area (Å²) in [6.45, 7) is 11.4. The molecule has 0 saturated carbocycles. The third-order valence-corrected chi connectivity index (χ3v) is 4.34. The van der Waals surface area contributed by atoms with Crippen LogP contribution < -0.4 is 0 Å². The van der Waals surface area contributed by atoms with Crippen LogP contribution in [0.25, 0.3) is 0 Å². The molecule has 0 bridgehead atoms. The van der Waals surface area contributed by atoms with Crippen LogP contribution in [0.4, 0.5) is 0 Å². The van der Waals surface area contributed by atoms with Crippen molar-refractivity contribution in [2.24, 2.45) is 0 Å². The maximum atomic E-state index is 11.2. The van der Waals surface area contributed by atoms with E-state index >= 15 is 0 Å².